The molecule has 92 valence electrons. The van der Waals surface area contributed by atoms with Gasteiger partial charge in [0.1, 0.15) is 0 Å². The molecule has 1 atom stereocenters. The van der Waals surface area contributed by atoms with Crippen LogP contribution in [0.4, 0.5) is 0 Å². The van der Waals surface area contributed by atoms with Gasteiger partial charge in [0.2, 0.25) is 0 Å². The predicted molar refractivity (Wildman–Crippen MR) is 73.5 cm³/mol. The first kappa shape index (κ1) is 13.5. The predicted octanol–water partition coefficient (Wildman–Crippen LogP) is 5.51. The van der Waals surface area contributed by atoms with Gasteiger partial charge in [0, 0.05) is 5.92 Å². The summed E-state index contributed by atoms with van der Waals surface area (Å²) >= 11 is 0. The van der Waals surface area contributed by atoms with E-state index in [1.165, 1.54) is 62.5 Å². The summed E-state index contributed by atoms with van der Waals surface area (Å²) in [6.07, 6.45) is 10.6. The molecular formula is C16H28. The Morgan fingerprint density at radius 1 is 1.12 bits per heavy atom. The van der Waals surface area contributed by atoms with Gasteiger partial charge >= 0.3 is 0 Å². The minimum atomic E-state index is 0.640. The lowest BCUT2D eigenvalue weighted by Crippen LogP contribution is -2.06. The van der Waals surface area contributed by atoms with Crippen molar-refractivity contribution in [1.82, 2.24) is 0 Å². The highest BCUT2D eigenvalue weighted by Crippen LogP contribution is 2.38. The second-order valence-corrected chi connectivity index (χ2v) is 5.56. The molecule has 1 saturated carbocycles. The molecule has 0 radical (unpaired) electrons. The number of hydrogen-bond acceptors (Lipinski definition) is 0. The maximum absolute atomic E-state index is 4.19. The van der Waals surface area contributed by atoms with Crippen molar-refractivity contribution in [2.75, 3.05) is 0 Å². The fraction of sp³-hybridized carbons (Fsp3) is 0.750. The molecule has 1 fully saturated rings. The number of rotatable bonds is 7. The molecular weight excluding hydrogens is 192 g/mol. The topological polar surface area (TPSA) is 0 Å². The van der Waals surface area contributed by atoms with Crippen LogP contribution in [0.25, 0.3) is 0 Å². The maximum Gasteiger partial charge on any atom is 0.000430 e. The lowest BCUT2D eigenvalue weighted by Gasteiger charge is -2.18. The molecule has 1 rings (SSSR count). The summed E-state index contributed by atoms with van der Waals surface area (Å²) in [4.78, 5) is 0. The zero-order chi connectivity index (χ0) is 12.0. The quantitative estimate of drug-likeness (QED) is 0.392. The van der Waals surface area contributed by atoms with Crippen LogP contribution in [0, 0.1) is 11.8 Å². The lowest BCUT2D eigenvalue weighted by molar-refractivity contribution is 0.425. The highest BCUT2D eigenvalue weighted by atomic mass is 14.3. The van der Waals surface area contributed by atoms with Gasteiger partial charge in [0.15, 0.2) is 0 Å². The van der Waals surface area contributed by atoms with E-state index in [1.54, 1.807) is 0 Å². The standard InChI is InChI=1S/C16H28/c1-5-6-7-8-9-13(2)12-16-14(3)10-11-15(16)4/h13,16H,3-12H2,1-2H3. The minimum absolute atomic E-state index is 0.640. The molecule has 0 bridgehead atoms. The normalized spacial score (nSPS) is 19.4. The number of hydrogen-bond donors (Lipinski definition) is 0. The molecule has 0 aliphatic heterocycles. The Bertz CT molecular complexity index is 220. The van der Waals surface area contributed by atoms with Crippen molar-refractivity contribution in [2.24, 2.45) is 11.8 Å². The van der Waals surface area contributed by atoms with Crippen LogP contribution < -0.4 is 0 Å². The second-order valence-electron chi connectivity index (χ2n) is 5.56. The Kier molecular flexibility index (Phi) is 5.87. The van der Waals surface area contributed by atoms with Crippen molar-refractivity contribution in [2.45, 2.75) is 65.2 Å². The molecule has 0 heterocycles. The Hall–Kier alpha value is -0.520. The van der Waals surface area contributed by atoms with E-state index in [4.69, 9.17) is 0 Å². The fourth-order valence-corrected chi connectivity index (χ4v) is 2.73. The van der Waals surface area contributed by atoms with Crippen LogP contribution in [0.3, 0.4) is 0 Å². The van der Waals surface area contributed by atoms with E-state index in [0.717, 1.165) is 5.92 Å². The largest absolute Gasteiger partial charge is 0.0992 e. The third-order valence-electron chi connectivity index (χ3n) is 3.94. The smallest absolute Gasteiger partial charge is 0.000430 e. The van der Waals surface area contributed by atoms with E-state index in [0.29, 0.717) is 5.92 Å². The SMILES string of the molecule is C=C1CCC(=C)C1CC(C)CCCCCC. The van der Waals surface area contributed by atoms with Crippen molar-refractivity contribution in [3.05, 3.63) is 24.3 Å². The molecule has 0 nitrogen and oxygen atoms in total. The molecule has 0 spiro atoms. The molecule has 1 unspecified atom stereocenters. The Balaban J connectivity index is 2.20. The first-order valence-electron chi connectivity index (χ1n) is 7.00. The van der Waals surface area contributed by atoms with Gasteiger partial charge in [-0.05, 0) is 25.2 Å². The van der Waals surface area contributed by atoms with Crippen molar-refractivity contribution in [1.29, 1.82) is 0 Å². The molecule has 0 aromatic rings. The first-order chi connectivity index (χ1) is 7.65. The van der Waals surface area contributed by atoms with Crippen molar-refractivity contribution < 1.29 is 0 Å². The average Bonchev–Trinajstić information content (AvgIpc) is 2.56. The number of unbranched alkanes of at least 4 members (excludes halogenated alkanes) is 3. The van der Waals surface area contributed by atoms with Gasteiger partial charge in [-0.15, -0.1) is 0 Å². The van der Waals surface area contributed by atoms with Crippen LogP contribution in [-0.2, 0) is 0 Å². The average molecular weight is 220 g/mol. The molecule has 0 aromatic heterocycles. The molecule has 0 heteroatoms. The minimum Gasteiger partial charge on any atom is -0.0992 e. The Morgan fingerprint density at radius 2 is 1.75 bits per heavy atom. The highest BCUT2D eigenvalue weighted by Gasteiger charge is 2.24. The van der Waals surface area contributed by atoms with Gasteiger partial charge in [0.05, 0.1) is 0 Å². The number of allylic oxidation sites excluding steroid dienone is 2. The van der Waals surface area contributed by atoms with Crippen molar-refractivity contribution in [3.63, 3.8) is 0 Å². The molecule has 0 N–H and O–H groups in total. The van der Waals surface area contributed by atoms with Gasteiger partial charge in [-0.2, -0.15) is 0 Å². The van der Waals surface area contributed by atoms with Crippen LogP contribution in [0.15, 0.2) is 24.3 Å². The maximum atomic E-state index is 4.19. The molecule has 1 aliphatic rings. The monoisotopic (exact) mass is 220 g/mol. The van der Waals surface area contributed by atoms with E-state index < -0.39 is 0 Å². The van der Waals surface area contributed by atoms with Gasteiger partial charge in [-0.3, -0.25) is 0 Å². The van der Waals surface area contributed by atoms with E-state index >= 15 is 0 Å². The molecule has 16 heavy (non-hydrogen) atoms. The van der Waals surface area contributed by atoms with Gasteiger partial charge in [0.25, 0.3) is 0 Å². The zero-order valence-corrected chi connectivity index (χ0v) is 11.2. The van der Waals surface area contributed by atoms with Gasteiger partial charge in [-0.1, -0.05) is 70.3 Å². The van der Waals surface area contributed by atoms with Crippen LogP contribution in [-0.4, -0.2) is 0 Å². The Morgan fingerprint density at radius 3 is 2.31 bits per heavy atom. The Labute approximate surface area is 102 Å². The van der Waals surface area contributed by atoms with E-state index in [-0.39, 0.29) is 0 Å². The van der Waals surface area contributed by atoms with Crippen LogP contribution in [0.2, 0.25) is 0 Å². The third kappa shape index (κ3) is 4.15. The van der Waals surface area contributed by atoms with Crippen molar-refractivity contribution in [3.8, 4) is 0 Å². The summed E-state index contributed by atoms with van der Waals surface area (Å²) in [5.41, 5.74) is 2.87. The second kappa shape index (κ2) is 6.93. The van der Waals surface area contributed by atoms with E-state index in [1.807, 2.05) is 0 Å². The van der Waals surface area contributed by atoms with E-state index in [9.17, 15) is 0 Å². The molecule has 0 aromatic carbocycles. The third-order valence-corrected chi connectivity index (χ3v) is 3.94. The summed E-state index contributed by atoms with van der Waals surface area (Å²) in [7, 11) is 0. The first-order valence-corrected chi connectivity index (χ1v) is 7.00. The van der Waals surface area contributed by atoms with Crippen LogP contribution in [0.5, 0.6) is 0 Å². The van der Waals surface area contributed by atoms with Gasteiger partial charge < -0.3 is 0 Å². The summed E-state index contributed by atoms with van der Waals surface area (Å²) in [6, 6.07) is 0. The summed E-state index contributed by atoms with van der Waals surface area (Å²) in [6.45, 7) is 13.0. The van der Waals surface area contributed by atoms with Crippen LogP contribution >= 0.6 is 0 Å². The zero-order valence-electron chi connectivity index (χ0n) is 11.2. The molecule has 1 aliphatic carbocycles. The summed E-state index contributed by atoms with van der Waals surface area (Å²) in [5, 5.41) is 0. The van der Waals surface area contributed by atoms with Crippen molar-refractivity contribution >= 4 is 0 Å². The lowest BCUT2D eigenvalue weighted by atomic mass is 9.87. The summed E-state index contributed by atoms with van der Waals surface area (Å²) in [5.74, 6) is 1.48. The van der Waals surface area contributed by atoms with E-state index in [2.05, 4.69) is 27.0 Å². The molecule has 0 saturated heterocycles. The van der Waals surface area contributed by atoms with Gasteiger partial charge in [-0.25, -0.2) is 0 Å². The molecule has 0 amide bonds. The highest BCUT2D eigenvalue weighted by molar-refractivity contribution is 5.24. The summed E-state index contributed by atoms with van der Waals surface area (Å²) < 4.78 is 0. The fourth-order valence-electron chi connectivity index (χ4n) is 2.73. The van der Waals surface area contributed by atoms with Crippen LogP contribution in [0.1, 0.15) is 65.2 Å².